The molecule has 1 aromatic carbocycles. The maximum atomic E-state index is 6.05. The van der Waals surface area contributed by atoms with Crippen LogP contribution in [0.3, 0.4) is 0 Å². The van der Waals surface area contributed by atoms with E-state index in [4.69, 9.17) is 39.5 Å². The molecule has 0 saturated carbocycles. The van der Waals surface area contributed by atoms with Gasteiger partial charge in [-0.2, -0.15) is 0 Å². The van der Waals surface area contributed by atoms with Gasteiger partial charge in [-0.1, -0.05) is 40.9 Å². The SMILES string of the molecule is Cc1ccc(OCc2c(Cl)cccc2Cl)c(Cl)n1. The molecule has 0 saturated heterocycles. The second-order valence-corrected chi connectivity index (χ2v) is 4.90. The van der Waals surface area contributed by atoms with Gasteiger partial charge in [0.15, 0.2) is 10.9 Å². The van der Waals surface area contributed by atoms with E-state index in [0.29, 0.717) is 20.9 Å². The number of rotatable bonds is 3. The van der Waals surface area contributed by atoms with Crippen molar-refractivity contribution < 1.29 is 4.74 Å². The molecule has 0 N–H and O–H groups in total. The van der Waals surface area contributed by atoms with Crippen LogP contribution in [0.4, 0.5) is 0 Å². The van der Waals surface area contributed by atoms with Crippen molar-refractivity contribution in [2.45, 2.75) is 13.5 Å². The van der Waals surface area contributed by atoms with Gasteiger partial charge in [0.2, 0.25) is 0 Å². The standard InChI is InChI=1S/C13H10Cl3NO/c1-8-5-6-12(13(16)17-8)18-7-9-10(14)3-2-4-11(9)15/h2-6H,7H2,1H3. The van der Waals surface area contributed by atoms with Gasteiger partial charge >= 0.3 is 0 Å². The van der Waals surface area contributed by atoms with E-state index in [1.54, 1.807) is 24.3 Å². The van der Waals surface area contributed by atoms with Gasteiger partial charge in [0, 0.05) is 21.3 Å². The summed E-state index contributed by atoms with van der Waals surface area (Å²) in [5, 5.41) is 1.47. The van der Waals surface area contributed by atoms with E-state index < -0.39 is 0 Å². The lowest BCUT2D eigenvalue weighted by Gasteiger charge is -2.10. The molecule has 0 fully saturated rings. The molecule has 2 nitrogen and oxygen atoms in total. The number of aryl methyl sites for hydroxylation is 1. The van der Waals surface area contributed by atoms with Crippen LogP contribution in [0.5, 0.6) is 5.75 Å². The highest BCUT2D eigenvalue weighted by molar-refractivity contribution is 6.36. The number of ether oxygens (including phenoxy) is 1. The summed E-state index contributed by atoms with van der Waals surface area (Å²) in [6.07, 6.45) is 0. The third-order valence-electron chi connectivity index (χ3n) is 2.39. The number of pyridine rings is 1. The number of hydrogen-bond acceptors (Lipinski definition) is 2. The Balaban J connectivity index is 2.16. The molecular weight excluding hydrogens is 293 g/mol. The van der Waals surface area contributed by atoms with Crippen LogP contribution >= 0.6 is 34.8 Å². The fourth-order valence-electron chi connectivity index (χ4n) is 1.44. The van der Waals surface area contributed by atoms with Crippen molar-refractivity contribution in [1.82, 2.24) is 4.98 Å². The monoisotopic (exact) mass is 301 g/mol. The summed E-state index contributed by atoms with van der Waals surface area (Å²) in [6, 6.07) is 8.92. The molecule has 0 spiro atoms. The summed E-state index contributed by atoms with van der Waals surface area (Å²) in [5.74, 6) is 0.512. The summed E-state index contributed by atoms with van der Waals surface area (Å²) in [6.45, 7) is 2.11. The minimum absolute atomic E-state index is 0.253. The first-order valence-electron chi connectivity index (χ1n) is 5.27. The summed E-state index contributed by atoms with van der Waals surface area (Å²) in [7, 11) is 0. The van der Waals surface area contributed by atoms with E-state index in [1.807, 2.05) is 13.0 Å². The lowest BCUT2D eigenvalue weighted by Crippen LogP contribution is -1.99. The zero-order valence-electron chi connectivity index (χ0n) is 9.58. The Hall–Kier alpha value is -0.960. The molecule has 0 atom stereocenters. The van der Waals surface area contributed by atoms with Gasteiger partial charge < -0.3 is 4.74 Å². The highest BCUT2D eigenvalue weighted by atomic mass is 35.5. The van der Waals surface area contributed by atoms with Crippen molar-refractivity contribution >= 4 is 34.8 Å². The molecule has 18 heavy (non-hydrogen) atoms. The molecule has 0 aliphatic rings. The second kappa shape index (κ2) is 5.79. The fraction of sp³-hybridized carbons (Fsp3) is 0.154. The van der Waals surface area contributed by atoms with Gasteiger partial charge in [0.05, 0.1) is 0 Å². The van der Waals surface area contributed by atoms with Gasteiger partial charge in [-0.05, 0) is 31.2 Å². The van der Waals surface area contributed by atoms with Crippen molar-refractivity contribution in [3.63, 3.8) is 0 Å². The molecule has 0 unspecified atom stereocenters. The molecule has 0 aliphatic carbocycles. The first kappa shape index (κ1) is 13.5. The number of nitrogens with zero attached hydrogens (tertiary/aromatic N) is 1. The third kappa shape index (κ3) is 3.08. The molecule has 0 aliphatic heterocycles. The van der Waals surface area contributed by atoms with Crippen LogP contribution in [0.2, 0.25) is 15.2 Å². The summed E-state index contributed by atoms with van der Waals surface area (Å²) in [5.41, 5.74) is 1.57. The van der Waals surface area contributed by atoms with Crippen LogP contribution in [0.25, 0.3) is 0 Å². The molecule has 2 aromatic rings. The number of halogens is 3. The van der Waals surface area contributed by atoms with Crippen molar-refractivity contribution in [2.75, 3.05) is 0 Å². The van der Waals surface area contributed by atoms with Crippen molar-refractivity contribution in [3.05, 3.63) is 56.8 Å². The van der Waals surface area contributed by atoms with Gasteiger partial charge in [0.25, 0.3) is 0 Å². The van der Waals surface area contributed by atoms with Crippen LogP contribution < -0.4 is 4.74 Å². The lowest BCUT2D eigenvalue weighted by molar-refractivity contribution is 0.305. The van der Waals surface area contributed by atoms with Crippen LogP contribution in [-0.2, 0) is 6.61 Å². The zero-order chi connectivity index (χ0) is 13.1. The van der Waals surface area contributed by atoms with E-state index in [2.05, 4.69) is 4.98 Å². The van der Waals surface area contributed by atoms with E-state index in [9.17, 15) is 0 Å². The van der Waals surface area contributed by atoms with E-state index in [-0.39, 0.29) is 6.61 Å². The molecule has 1 aromatic heterocycles. The van der Waals surface area contributed by atoms with E-state index in [1.165, 1.54) is 0 Å². The maximum absolute atomic E-state index is 6.05. The molecule has 2 rings (SSSR count). The molecule has 0 amide bonds. The maximum Gasteiger partial charge on any atom is 0.171 e. The molecular formula is C13H10Cl3NO. The molecule has 1 heterocycles. The Kier molecular flexibility index (Phi) is 4.33. The van der Waals surface area contributed by atoms with Gasteiger partial charge in [-0.25, -0.2) is 4.98 Å². The highest BCUT2D eigenvalue weighted by Crippen LogP contribution is 2.28. The molecule has 0 radical (unpaired) electrons. The largest absolute Gasteiger partial charge is 0.486 e. The minimum atomic E-state index is 0.253. The molecule has 5 heteroatoms. The number of aromatic nitrogens is 1. The number of hydrogen-bond donors (Lipinski definition) is 0. The van der Waals surface area contributed by atoms with Gasteiger partial charge in [-0.3, -0.25) is 0 Å². The van der Waals surface area contributed by atoms with Gasteiger partial charge in [-0.15, -0.1) is 0 Å². The highest BCUT2D eigenvalue weighted by Gasteiger charge is 2.08. The first-order chi connectivity index (χ1) is 8.58. The Labute approximate surface area is 120 Å². The van der Waals surface area contributed by atoms with Crippen molar-refractivity contribution in [2.24, 2.45) is 0 Å². The quantitative estimate of drug-likeness (QED) is 0.750. The molecule has 0 bridgehead atoms. The Morgan fingerprint density at radius 1 is 1.06 bits per heavy atom. The van der Waals surface area contributed by atoms with Gasteiger partial charge in [0.1, 0.15) is 6.61 Å². The van der Waals surface area contributed by atoms with Crippen molar-refractivity contribution in [1.29, 1.82) is 0 Å². The predicted molar refractivity (Wildman–Crippen MR) is 74.8 cm³/mol. The Bertz CT molecular complexity index is 552. The predicted octanol–water partition coefficient (Wildman–Crippen LogP) is 4.93. The summed E-state index contributed by atoms with van der Waals surface area (Å²) < 4.78 is 5.58. The Morgan fingerprint density at radius 2 is 1.72 bits per heavy atom. The summed E-state index contributed by atoms with van der Waals surface area (Å²) >= 11 is 18.1. The Morgan fingerprint density at radius 3 is 2.33 bits per heavy atom. The fourth-order valence-corrected chi connectivity index (χ4v) is 2.20. The van der Waals surface area contributed by atoms with Crippen LogP contribution in [0.1, 0.15) is 11.3 Å². The van der Waals surface area contributed by atoms with Crippen LogP contribution in [0.15, 0.2) is 30.3 Å². The number of benzene rings is 1. The van der Waals surface area contributed by atoms with Crippen molar-refractivity contribution in [3.8, 4) is 5.75 Å². The van der Waals surface area contributed by atoms with E-state index >= 15 is 0 Å². The zero-order valence-corrected chi connectivity index (χ0v) is 11.9. The minimum Gasteiger partial charge on any atom is -0.486 e. The normalized spacial score (nSPS) is 10.4. The van der Waals surface area contributed by atoms with Crippen LogP contribution in [-0.4, -0.2) is 4.98 Å². The topological polar surface area (TPSA) is 22.1 Å². The second-order valence-electron chi connectivity index (χ2n) is 3.73. The summed E-state index contributed by atoms with van der Waals surface area (Å²) in [4.78, 5) is 4.11. The molecule has 94 valence electrons. The average Bonchev–Trinajstić information content (AvgIpc) is 2.31. The van der Waals surface area contributed by atoms with E-state index in [0.717, 1.165) is 11.3 Å². The smallest absolute Gasteiger partial charge is 0.171 e. The lowest BCUT2D eigenvalue weighted by atomic mass is 10.2. The van der Waals surface area contributed by atoms with Crippen LogP contribution in [0, 0.1) is 6.92 Å². The average molecular weight is 303 g/mol. The third-order valence-corrected chi connectivity index (χ3v) is 3.37. The first-order valence-corrected chi connectivity index (χ1v) is 6.40.